The maximum atomic E-state index is 9.84. The standard InChI is InChI=1S/C20H26N2O/c23-19-9-4-8-18(16-19)20(17-6-2-1-3-7-17)10-14-22-13-5-11-21-12-15-22/h1-4,6-9,16,20-21,23H,5,10-15H2. The van der Waals surface area contributed by atoms with Gasteiger partial charge in [0.15, 0.2) is 0 Å². The molecule has 0 spiro atoms. The minimum Gasteiger partial charge on any atom is -0.508 e. The van der Waals surface area contributed by atoms with Crippen LogP contribution in [0.1, 0.15) is 29.9 Å². The van der Waals surface area contributed by atoms with Crippen molar-refractivity contribution in [3.63, 3.8) is 0 Å². The zero-order valence-electron chi connectivity index (χ0n) is 13.6. The number of rotatable bonds is 5. The molecule has 1 aliphatic heterocycles. The third kappa shape index (κ3) is 4.57. The van der Waals surface area contributed by atoms with Gasteiger partial charge < -0.3 is 15.3 Å². The Balaban J connectivity index is 1.75. The topological polar surface area (TPSA) is 35.5 Å². The van der Waals surface area contributed by atoms with E-state index < -0.39 is 0 Å². The summed E-state index contributed by atoms with van der Waals surface area (Å²) in [6.07, 6.45) is 2.30. The van der Waals surface area contributed by atoms with E-state index in [2.05, 4.69) is 46.6 Å². The van der Waals surface area contributed by atoms with Crippen LogP contribution in [0.15, 0.2) is 54.6 Å². The zero-order chi connectivity index (χ0) is 15.9. The Labute approximate surface area is 139 Å². The first-order valence-corrected chi connectivity index (χ1v) is 8.60. The average molecular weight is 310 g/mol. The number of nitrogens with zero attached hydrogens (tertiary/aromatic N) is 1. The molecule has 3 heteroatoms. The predicted octanol–water partition coefficient (Wildman–Crippen LogP) is 3.21. The lowest BCUT2D eigenvalue weighted by atomic mass is 9.88. The van der Waals surface area contributed by atoms with Gasteiger partial charge in [0.25, 0.3) is 0 Å². The number of nitrogens with one attached hydrogen (secondary N) is 1. The second-order valence-electron chi connectivity index (χ2n) is 6.29. The molecule has 3 nitrogen and oxygen atoms in total. The number of hydrogen-bond acceptors (Lipinski definition) is 3. The lowest BCUT2D eigenvalue weighted by Gasteiger charge is -2.24. The molecule has 0 aliphatic carbocycles. The average Bonchev–Trinajstić information content (AvgIpc) is 2.85. The van der Waals surface area contributed by atoms with Crippen LogP contribution in [0.25, 0.3) is 0 Å². The molecule has 3 rings (SSSR count). The van der Waals surface area contributed by atoms with Crippen LogP contribution in [0.2, 0.25) is 0 Å². The zero-order valence-corrected chi connectivity index (χ0v) is 13.6. The van der Waals surface area contributed by atoms with E-state index in [9.17, 15) is 5.11 Å². The van der Waals surface area contributed by atoms with Crippen LogP contribution >= 0.6 is 0 Å². The van der Waals surface area contributed by atoms with E-state index >= 15 is 0 Å². The van der Waals surface area contributed by atoms with Crippen molar-refractivity contribution in [1.29, 1.82) is 0 Å². The second kappa shape index (κ2) is 8.14. The Bertz CT molecular complexity index is 592. The molecule has 0 amide bonds. The highest BCUT2D eigenvalue weighted by Crippen LogP contribution is 2.30. The minimum atomic E-state index is 0.333. The molecule has 2 N–H and O–H groups in total. The SMILES string of the molecule is Oc1cccc(C(CCN2CCCNCC2)c2ccccc2)c1. The highest BCUT2D eigenvalue weighted by Gasteiger charge is 2.17. The summed E-state index contributed by atoms with van der Waals surface area (Å²) in [5, 5.41) is 13.3. The van der Waals surface area contributed by atoms with E-state index in [1.54, 1.807) is 6.07 Å². The van der Waals surface area contributed by atoms with Crippen LogP contribution in [0.4, 0.5) is 0 Å². The van der Waals surface area contributed by atoms with Crippen molar-refractivity contribution in [2.75, 3.05) is 32.7 Å². The molecule has 0 radical (unpaired) electrons. The van der Waals surface area contributed by atoms with Crippen LogP contribution in [0.3, 0.4) is 0 Å². The number of aromatic hydroxyl groups is 1. The third-order valence-electron chi connectivity index (χ3n) is 4.64. The largest absolute Gasteiger partial charge is 0.508 e. The Morgan fingerprint density at radius 2 is 1.78 bits per heavy atom. The van der Waals surface area contributed by atoms with Gasteiger partial charge in [0, 0.05) is 19.0 Å². The van der Waals surface area contributed by atoms with Crippen LogP contribution < -0.4 is 5.32 Å². The van der Waals surface area contributed by atoms with E-state index in [0.717, 1.165) is 32.6 Å². The van der Waals surface area contributed by atoms with Crippen molar-refractivity contribution in [3.8, 4) is 5.75 Å². The monoisotopic (exact) mass is 310 g/mol. The number of hydrogen-bond donors (Lipinski definition) is 2. The summed E-state index contributed by atoms with van der Waals surface area (Å²) >= 11 is 0. The summed E-state index contributed by atoms with van der Waals surface area (Å²) in [6, 6.07) is 18.4. The van der Waals surface area contributed by atoms with Gasteiger partial charge in [-0.05, 0) is 55.7 Å². The van der Waals surface area contributed by atoms with Gasteiger partial charge in [-0.2, -0.15) is 0 Å². The molecule has 1 unspecified atom stereocenters. The number of phenols is 1. The van der Waals surface area contributed by atoms with E-state index in [1.807, 2.05) is 12.1 Å². The van der Waals surface area contributed by atoms with Gasteiger partial charge >= 0.3 is 0 Å². The second-order valence-corrected chi connectivity index (χ2v) is 6.29. The van der Waals surface area contributed by atoms with Gasteiger partial charge in [-0.15, -0.1) is 0 Å². The fourth-order valence-electron chi connectivity index (χ4n) is 3.39. The lowest BCUT2D eigenvalue weighted by molar-refractivity contribution is 0.284. The quantitative estimate of drug-likeness (QED) is 0.890. The number of benzene rings is 2. The minimum absolute atomic E-state index is 0.333. The van der Waals surface area contributed by atoms with E-state index in [4.69, 9.17) is 0 Å². The van der Waals surface area contributed by atoms with Gasteiger partial charge in [-0.1, -0.05) is 42.5 Å². The van der Waals surface area contributed by atoms with E-state index in [1.165, 1.54) is 24.1 Å². The molecule has 23 heavy (non-hydrogen) atoms. The molecule has 1 atom stereocenters. The molecule has 1 saturated heterocycles. The first-order valence-electron chi connectivity index (χ1n) is 8.60. The Hall–Kier alpha value is -1.84. The first-order chi connectivity index (χ1) is 11.3. The smallest absolute Gasteiger partial charge is 0.115 e. The van der Waals surface area contributed by atoms with Crippen LogP contribution in [-0.2, 0) is 0 Å². The molecular formula is C20H26N2O. The number of phenolic OH excluding ortho intramolecular Hbond substituents is 1. The Morgan fingerprint density at radius 1 is 0.957 bits per heavy atom. The van der Waals surface area contributed by atoms with Crippen molar-refractivity contribution >= 4 is 0 Å². The van der Waals surface area contributed by atoms with Crippen LogP contribution in [-0.4, -0.2) is 42.7 Å². The highest BCUT2D eigenvalue weighted by molar-refractivity contribution is 5.36. The summed E-state index contributed by atoms with van der Waals surface area (Å²) in [7, 11) is 0. The summed E-state index contributed by atoms with van der Waals surface area (Å²) in [5.74, 6) is 0.682. The van der Waals surface area contributed by atoms with Crippen molar-refractivity contribution in [3.05, 3.63) is 65.7 Å². The third-order valence-corrected chi connectivity index (χ3v) is 4.64. The predicted molar refractivity (Wildman–Crippen MR) is 94.9 cm³/mol. The molecular weight excluding hydrogens is 284 g/mol. The van der Waals surface area contributed by atoms with Gasteiger partial charge in [0.05, 0.1) is 0 Å². The lowest BCUT2D eigenvalue weighted by Crippen LogP contribution is -2.30. The van der Waals surface area contributed by atoms with Crippen molar-refractivity contribution < 1.29 is 5.11 Å². The molecule has 1 aliphatic rings. The summed E-state index contributed by atoms with van der Waals surface area (Å²) in [5.41, 5.74) is 2.52. The fourth-order valence-corrected chi connectivity index (χ4v) is 3.39. The summed E-state index contributed by atoms with van der Waals surface area (Å²) in [6.45, 7) is 5.61. The molecule has 0 aromatic heterocycles. The van der Waals surface area contributed by atoms with Gasteiger partial charge in [-0.25, -0.2) is 0 Å². The molecule has 122 valence electrons. The van der Waals surface area contributed by atoms with E-state index in [-0.39, 0.29) is 0 Å². The van der Waals surface area contributed by atoms with Gasteiger partial charge in [0.2, 0.25) is 0 Å². The van der Waals surface area contributed by atoms with Crippen molar-refractivity contribution in [1.82, 2.24) is 10.2 Å². The molecule has 0 saturated carbocycles. The maximum Gasteiger partial charge on any atom is 0.115 e. The molecule has 1 fully saturated rings. The van der Waals surface area contributed by atoms with Gasteiger partial charge in [0.1, 0.15) is 5.75 Å². The normalized spacial score (nSPS) is 17.6. The molecule has 2 aromatic rings. The van der Waals surface area contributed by atoms with Crippen LogP contribution in [0, 0.1) is 0 Å². The Morgan fingerprint density at radius 3 is 2.61 bits per heavy atom. The molecule has 0 bridgehead atoms. The van der Waals surface area contributed by atoms with Crippen molar-refractivity contribution in [2.24, 2.45) is 0 Å². The molecule has 1 heterocycles. The summed E-state index contributed by atoms with van der Waals surface area (Å²) in [4.78, 5) is 2.55. The summed E-state index contributed by atoms with van der Waals surface area (Å²) < 4.78 is 0. The first kappa shape index (κ1) is 16.0. The highest BCUT2D eigenvalue weighted by atomic mass is 16.3. The fraction of sp³-hybridized carbons (Fsp3) is 0.400. The maximum absolute atomic E-state index is 9.84. The van der Waals surface area contributed by atoms with Crippen LogP contribution in [0.5, 0.6) is 5.75 Å². The van der Waals surface area contributed by atoms with Gasteiger partial charge in [-0.3, -0.25) is 0 Å². The van der Waals surface area contributed by atoms with E-state index in [0.29, 0.717) is 11.7 Å². The van der Waals surface area contributed by atoms with Crippen molar-refractivity contribution in [2.45, 2.75) is 18.8 Å². The molecule has 2 aromatic carbocycles. The Kier molecular flexibility index (Phi) is 5.67.